The van der Waals surface area contributed by atoms with Gasteiger partial charge in [0.15, 0.2) is 0 Å². The molecule has 0 bridgehead atoms. The zero-order valence-electron chi connectivity index (χ0n) is 15.8. The molecule has 3 aromatic rings. The molecule has 6 nitrogen and oxygen atoms in total. The number of amides is 1. The molecule has 0 spiro atoms. The van der Waals surface area contributed by atoms with E-state index < -0.39 is 5.97 Å². The van der Waals surface area contributed by atoms with Gasteiger partial charge in [-0.25, -0.2) is 4.79 Å². The number of ether oxygens (including phenoxy) is 1. The van der Waals surface area contributed by atoms with Gasteiger partial charge in [-0.05, 0) is 59.2 Å². The van der Waals surface area contributed by atoms with Gasteiger partial charge < -0.3 is 20.3 Å². The first-order chi connectivity index (χ1) is 13.4. The third-order valence-corrected chi connectivity index (χ3v) is 4.06. The predicted molar refractivity (Wildman–Crippen MR) is 108 cm³/mol. The summed E-state index contributed by atoms with van der Waals surface area (Å²) in [7, 11) is 1.67. The van der Waals surface area contributed by atoms with E-state index in [2.05, 4.69) is 23.5 Å². The average Bonchev–Trinajstić information content (AvgIpc) is 2.68. The maximum Gasteiger partial charge on any atom is 0.335 e. The SMILES string of the molecule is COc1ccc2cccc(CCNC(C)=O)c2c1.O=C(O)c1ccc(O)cc1. The van der Waals surface area contributed by atoms with E-state index in [-0.39, 0.29) is 17.2 Å². The number of aromatic carboxylic acids is 1. The van der Waals surface area contributed by atoms with Crippen LogP contribution in [-0.4, -0.2) is 35.7 Å². The molecule has 0 aliphatic rings. The van der Waals surface area contributed by atoms with Gasteiger partial charge in [0, 0.05) is 13.5 Å². The molecule has 0 unspecified atom stereocenters. The number of benzene rings is 3. The lowest BCUT2D eigenvalue weighted by molar-refractivity contribution is -0.118. The number of carbonyl (C=O) groups excluding carboxylic acids is 1. The highest BCUT2D eigenvalue weighted by atomic mass is 16.5. The van der Waals surface area contributed by atoms with Crippen LogP contribution in [0.3, 0.4) is 0 Å². The van der Waals surface area contributed by atoms with E-state index in [9.17, 15) is 9.59 Å². The van der Waals surface area contributed by atoms with Gasteiger partial charge in [-0.1, -0.05) is 24.3 Å². The van der Waals surface area contributed by atoms with E-state index in [1.807, 2.05) is 18.2 Å². The van der Waals surface area contributed by atoms with E-state index >= 15 is 0 Å². The summed E-state index contributed by atoms with van der Waals surface area (Å²) >= 11 is 0. The first kappa shape index (κ1) is 20.8. The van der Waals surface area contributed by atoms with Crippen molar-refractivity contribution in [3.05, 3.63) is 71.8 Å². The number of aromatic hydroxyl groups is 1. The van der Waals surface area contributed by atoms with Crippen molar-refractivity contribution in [1.82, 2.24) is 5.32 Å². The van der Waals surface area contributed by atoms with Crippen molar-refractivity contribution in [2.45, 2.75) is 13.3 Å². The van der Waals surface area contributed by atoms with Crippen LogP contribution in [0.25, 0.3) is 10.8 Å². The molecule has 0 aliphatic carbocycles. The first-order valence-electron chi connectivity index (χ1n) is 8.73. The maximum atomic E-state index is 10.9. The number of phenolic OH excluding ortho intramolecular Hbond substituents is 1. The fraction of sp³-hybridized carbons (Fsp3) is 0.182. The Balaban J connectivity index is 0.000000237. The lowest BCUT2D eigenvalue weighted by atomic mass is 10.0. The number of phenols is 1. The molecule has 0 heterocycles. The van der Waals surface area contributed by atoms with Gasteiger partial charge in [0.05, 0.1) is 12.7 Å². The van der Waals surface area contributed by atoms with Gasteiger partial charge in [-0.2, -0.15) is 0 Å². The Labute approximate surface area is 163 Å². The van der Waals surface area contributed by atoms with Crippen molar-refractivity contribution < 1.29 is 24.5 Å². The minimum absolute atomic E-state index is 0.00724. The smallest absolute Gasteiger partial charge is 0.335 e. The van der Waals surface area contributed by atoms with E-state index in [1.54, 1.807) is 7.11 Å². The number of carboxylic acid groups (broad SMARTS) is 1. The van der Waals surface area contributed by atoms with Gasteiger partial charge in [0.2, 0.25) is 5.91 Å². The molecule has 0 radical (unpaired) electrons. The van der Waals surface area contributed by atoms with Gasteiger partial charge in [-0.3, -0.25) is 4.79 Å². The molecule has 0 fully saturated rings. The molecule has 0 saturated heterocycles. The van der Waals surface area contributed by atoms with Crippen LogP contribution < -0.4 is 10.1 Å². The topological polar surface area (TPSA) is 95.9 Å². The Morgan fingerprint density at radius 2 is 1.75 bits per heavy atom. The highest BCUT2D eigenvalue weighted by molar-refractivity contribution is 5.88. The molecule has 3 N–H and O–H groups in total. The number of carboxylic acids is 1. The summed E-state index contributed by atoms with van der Waals surface area (Å²) in [6, 6.07) is 17.6. The number of nitrogens with one attached hydrogen (secondary N) is 1. The number of hydrogen-bond acceptors (Lipinski definition) is 4. The fourth-order valence-electron chi connectivity index (χ4n) is 2.64. The van der Waals surface area contributed by atoms with Crippen LogP contribution in [-0.2, 0) is 11.2 Å². The maximum absolute atomic E-state index is 10.9. The Kier molecular flexibility index (Phi) is 7.39. The largest absolute Gasteiger partial charge is 0.508 e. The monoisotopic (exact) mass is 381 g/mol. The van der Waals surface area contributed by atoms with Crippen molar-refractivity contribution >= 4 is 22.6 Å². The van der Waals surface area contributed by atoms with Crippen molar-refractivity contribution in [1.29, 1.82) is 0 Å². The molecular weight excluding hydrogens is 358 g/mol. The predicted octanol–water partition coefficient (Wildman–Crippen LogP) is 3.62. The summed E-state index contributed by atoms with van der Waals surface area (Å²) in [5, 5.41) is 22.3. The summed E-state index contributed by atoms with van der Waals surface area (Å²) in [5.41, 5.74) is 1.40. The second kappa shape index (κ2) is 9.97. The third kappa shape index (κ3) is 6.02. The molecule has 0 aromatic heterocycles. The molecule has 3 aromatic carbocycles. The Bertz CT molecular complexity index is 951. The molecule has 3 rings (SSSR count). The van der Waals surface area contributed by atoms with Crippen molar-refractivity contribution in [3.63, 3.8) is 0 Å². The van der Waals surface area contributed by atoms with E-state index in [0.29, 0.717) is 6.54 Å². The second-order valence-corrected chi connectivity index (χ2v) is 6.09. The highest BCUT2D eigenvalue weighted by Crippen LogP contribution is 2.24. The van der Waals surface area contributed by atoms with Crippen molar-refractivity contribution in [2.24, 2.45) is 0 Å². The van der Waals surface area contributed by atoms with Crippen LogP contribution in [0.15, 0.2) is 60.7 Å². The number of rotatable bonds is 5. The number of methoxy groups -OCH3 is 1. The van der Waals surface area contributed by atoms with Crippen molar-refractivity contribution in [2.75, 3.05) is 13.7 Å². The normalized spacial score (nSPS) is 9.93. The van der Waals surface area contributed by atoms with Crippen LogP contribution in [0.2, 0.25) is 0 Å². The van der Waals surface area contributed by atoms with Crippen LogP contribution in [0, 0.1) is 0 Å². The van der Waals surface area contributed by atoms with E-state index in [0.717, 1.165) is 12.2 Å². The summed E-state index contributed by atoms with van der Waals surface area (Å²) < 4.78 is 5.25. The van der Waals surface area contributed by atoms with Gasteiger partial charge in [0.25, 0.3) is 0 Å². The standard InChI is InChI=1S/C15H17NO2.C7H6O3/c1-11(17)16-9-8-13-5-3-4-12-6-7-14(18-2)10-15(12)13;8-6-3-1-5(2-4-6)7(9)10/h3-7,10H,8-9H2,1-2H3,(H,16,17);1-4,8H,(H,9,10). The molecule has 0 saturated carbocycles. The van der Waals surface area contributed by atoms with Crippen LogP contribution in [0.5, 0.6) is 11.5 Å². The lowest BCUT2D eigenvalue weighted by Crippen LogP contribution is -2.22. The Hall–Kier alpha value is -3.54. The van der Waals surface area contributed by atoms with Gasteiger partial charge in [0.1, 0.15) is 11.5 Å². The first-order valence-corrected chi connectivity index (χ1v) is 8.73. The molecule has 0 aliphatic heterocycles. The highest BCUT2D eigenvalue weighted by Gasteiger charge is 2.03. The van der Waals surface area contributed by atoms with Gasteiger partial charge in [-0.15, -0.1) is 0 Å². The third-order valence-electron chi connectivity index (χ3n) is 4.06. The zero-order valence-corrected chi connectivity index (χ0v) is 15.8. The van der Waals surface area contributed by atoms with E-state index in [4.69, 9.17) is 14.9 Å². The zero-order chi connectivity index (χ0) is 20.5. The minimum Gasteiger partial charge on any atom is -0.508 e. The number of carbonyl (C=O) groups is 2. The number of fused-ring (bicyclic) bond motifs is 1. The molecule has 1 amide bonds. The molecule has 0 atom stereocenters. The molecule has 146 valence electrons. The lowest BCUT2D eigenvalue weighted by Gasteiger charge is -2.08. The van der Waals surface area contributed by atoms with Gasteiger partial charge >= 0.3 is 5.97 Å². The summed E-state index contributed by atoms with van der Waals surface area (Å²) in [6.07, 6.45) is 0.823. The summed E-state index contributed by atoms with van der Waals surface area (Å²) in [5.74, 6) is -0.0488. The molecular formula is C22H23NO5. The quantitative estimate of drug-likeness (QED) is 0.627. The Morgan fingerprint density at radius 3 is 2.36 bits per heavy atom. The minimum atomic E-state index is -0.986. The Morgan fingerprint density at radius 1 is 1.04 bits per heavy atom. The fourth-order valence-corrected chi connectivity index (χ4v) is 2.64. The number of hydrogen-bond donors (Lipinski definition) is 3. The van der Waals surface area contributed by atoms with Crippen LogP contribution in [0.4, 0.5) is 0 Å². The second-order valence-electron chi connectivity index (χ2n) is 6.09. The molecule has 28 heavy (non-hydrogen) atoms. The van der Waals surface area contributed by atoms with Crippen LogP contribution >= 0.6 is 0 Å². The summed E-state index contributed by atoms with van der Waals surface area (Å²) in [4.78, 5) is 21.1. The summed E-state index contributed by atoms with van der Waals surface area (Å²) in [6.45, 7) is 2.19. The molecule has 6 heteroatoms. The van der Waals surface area contributed by atoms with Crippen molar-refractivity contribution in [3.8, 4) is 11.5 Å². The van der Waals surface area contributed by atoms with Crippen LogP contribution in [0.1, 0.15) is 22.8 Å². The average molecular weight is 381 g/mol. The van der Waals surface area contributed by atoms with E-state index in [1.165, 1.54) is 47.5 Å².